The van der Waals surface area contributed by atoms with E-state index in [1.54, 1.807) is 0 Å². The molecule has 2 aromatic rings. The van der Waals surface area contributed by atoms with Crippen molar-refractivity contribution in [2.45, 2.75) is 45.9 Å². The summed E-state index contributed by atoms with van der Waals surface area (Å²) in [6, 6.07) is 8.48. The Labute approximate surface area is 161 Å². The number of hydrogen-bond acceptors (Lipinski definition) is 2. The van der Waals surface area contributed by atoms with E-state index in [0.29, 0.717) is 5.75 Å². The number of carbonyl (C=O) groups excluding carboxylic acids is 1. The number of anilines is 1. The zero-order chi connectivity index (χ0) is 20.4. The smallest absolute Gasteiger partial charge is 0.416 e. The summed E-state index contributed by atoms with van der Waals surface area (Å²) in [6.07, 6.45) is -5.45. The molecule has 7 heteroatoms. The van der Waals surface area contributed by atoms with E-state index in [1.807, 2.05) is 39.0 Å². The molecule has 0 spiro atoms. The van der Waals surface area contributed by atoms with Gasteiger partial charge in [-0.1, -0.05) is 37.6 Å². The number of amides is 1. The molecule has 27 heavy (non-hydrogen) atoms. The number of halogens is 4. The van der Waals surface area contributed by atoms with E-state index in [4.69, 9.17) is 16.3 Å². The third kappa shape index (κ3) is 5.39. The lowest BCUT2D eigenvalue weighted by atomic mass is 10.0. The third-order valence-corrected chi connectivity index (χ3v) is 4.35. The van der Waals surface area contributed by atoms with Crippen LogP contribution in [0, 0.1) is 6.92 Å². The summed E-state index contributed by atoms with van der Waals surface area (Å²) in [5.41, 5.74) is 0.914. The van der Waals surface area contributed by atoms with Gasteiger partial charge in [0.15, 0.2) is 6.10 Å². The van der Waals surface area contributed by atoms with Gasteiger partial charge in [0.2, 0.25) is 0 Å². The van der Waals surface area contributed by atoms with E-state index in [9.17, 15) is 18.0 Å². The van der Waals surface area contributed by atoms with Gasteiger partial charge in [-0.25, -0.2) is 0 Å². The summed E-state index contributed by atoms with van der Waals surface area (Å²) in [5, 5.41) is 2.43. The predicted octanol–water partition coefficient (Wildman–Crippen LogP) is 6.20. The number of nitrogens with one attached hydrogen (secondary N) is 1. The number of aryl methyl sites for hydroxylation is 1. The van der Waals surface area contributed by atoms with Crippen molar-refractivity contribution in [2.24, 2.45) is 0 Å². The molecule has 1 amide bonds. The largest absolute Gasteiger partial charge is 0.481 e. The summed E-state index contributed by atoms with van der Waals surface area (Å²) in [4.78, 5) is 12.4. The van der Waals surface area contributed by atoms with Crippen molar-refractivity contribution >= 4 is 23.2 Å². The molecule has 0 aliphatic heterocycles. The molecule has 0 aromatic heterocycles. The molecule has 1 atom stereocenters. The molecular formula is C20H21ClF3NO2. The Morgan fingerprint density at radius 2 is 1.78 bits per heavy atom. The SMILES string of the molecule is Cc1ccc(C(C)C)c(OC(C)C(=O)Nc2cc(C(F)(F)F)ccc2Cl)c1. The Bertz CT molecular complexity index is 834. The van der Waals surface area contributed by atoms with Crippen LogP contribution >= 0.6 is 11.6 Å². The number of rotatable bonds is 5. The van der Waals surface area contributed by atoms with Crippen LogP contribution in [0.3, 0.4) is 0 Å². The van der Waals surface area contributed by atoms with Gasteiger partial charge in [0.25, 0.3) is 5.91 Å². The number of alkyl halides is 3. The third-order valence-electron chi connectivity index (χ3n) is 4.02. The minimum Gasteiger partial charge on any atom is -0.481 e. The Hall–Kier alpha value is -2.21. The van der Waals surface area contributed by atoms with Gasteiger partial charge in [0.1, 0.15) is 5.75 Å². The van der Waals surface area contributed by atoms with E-state index in [2.05, 4.69) is 5.32 Å². The van der Waals surface area contributed by atoms with Crippen LogP contribution in [-0.2, 0) is 11.0 Å². The Balaban J connectivity index is 2.19. The van der Waals surface area contributed by atoms with Crippen LogP contribution in [0.4, 0.5) is 18.9 Å². The number of carbonyl (C=O) groups is 1. The van der Waals surface area contributed by atoms with Crippen LogP contribution in [0.5, 0.6) is 5.75 Å². The van der Waals surface area contributed by atoms with Gasteiger partial charge in [-0.3, -0.25) is 4.79 Å². The summed E-state index contributed by atoms with van der Waals surface area (Å²) in [6.45, 7) is 7.45. The highest BCUT2D eigenvalue weighted by Gasteiger charge is 2.31. The maximum absolute atomic E-state index is 12.9. The highest BCUT2D eigenvalue weighted by Crippen LogP contribution is 2.34. The molecule has 1 unspecified atom stereocenters. The van der Waals surface area contributed by atoms with Gasteiger partial charge in [-0.15, -0.1) is 0 Å². The molecule has 3 nitrogen and oxygen atoms in total. The summed E-state index contributed by atoms with van der Waals surface area (Å²) in [5.74, 6) is 0.170. The maximum atomic E-state index is 12.9. The minimum atomic E-state index is -4.53. The van der Waals surface area contributed by atoms with Crippen molar-refractivity contribution in [1.82, 2.24) is 0 Å². The normalized spacial score (nSPS) is 12.8. The Kier molecular flexibility index (Phi) is 6.42. The summed E-state index contributed by atoms with van der Waals surface area (Å²) in [7, 11) is 0. The fourth-order valence-corrected chi connectivity index (χ4v) is 2.66. The molecule has 0 aliphatic carbocycles. The topological polar surface area (TPSA) is 38.3 Å². The van der Waals surface area contributed by atoms with Gasteiger partial charge >= 0.3 is 6.18 Å². The number of ether oxygens (including phenoxy) is 1. The molecule has 0 radical (unpaired) electrons. The number of hydrogen-bond donors (Lipinski definition) is 1. The van der Waals surface area contributed by atoms with Gasteiger partial charge in [0, 0.05) is 0 Å². The minimum absolute atomic E-state index is 0.0157. The highest BCUT2D eigenvalue weighted by molar-refractivity contribution is 6.33. The molecule has 0 saturated heterocycles. The standard InChI is InChI=1S/C20H21ClF3NO2/c1-11(2)15-7-5-12(3)9-18(15)27-13(4)19(26)25-17-10-14(20(22,23)24)6-8-16(17)21/h5-11,13H,1-4H3,(H,25,26). The Morgan fingerprint density at radius 3 is 2.37 bits per heavy atom. The maximum Gasteiger partial charge on any atom is 0.416 e. The lowest BCUT2D eigenvalue weighted by Crippen LogP contribution is -2.30. The lowest BCUT2D eigenvalue weighted by Gasteiger charge is -2.20. The fourth-order valence-electron chi connectivity index (χ4n) is 2.50. The van der Waals surface area contributed by atoms with Crippen LogP contribution in [0.1, 0.15) is 43.4 Å². The average molecular weight is 400 g/mol. The number of benzene rings is 2. The van der Waals surface area contributed by atoms with Gasteiger partial charge in [-0.05, 0) is 55.2 Å². The molecule has 146 valence electrons. The molecule has 2 aromatic carbocycles. The lowest BCUT2D eigenvalue weighted by molar-refractivity contribution is -0.137. The van der Waals surface area contributed by atoms with Crippen LogP contribution in [-0.4, -0.2) is 12.0 Å². The first-order valence-electron chi connectivity index (χ1n) is 8.44. The van der Waals surface area contributed by atoms with E-state index < -0.39 is 23.8 Å². The molecule has 2 rings (SSSR count). The first-order valence-corrected chi connectivity index (χ1v) is 8.81. The second-order valence-corrected chi connectivity index (χ2v) is 7.04. The first-order chi connectivity index (χ1) is 12.5. The molecule has 0 bridgehead atoms. The Morgan fingerprint density at radius 1 is 1.11 bits per heavy atom. The molecule has 0 heterocycles. The zero-order valence-electron chi connectivity index (χ0n) is 15.4. The van der Waals surface area contributed by atoms with Gasteiger partial charge in [0.05, 0.1) is 16.3 Å². The average Bonchev–Trinajstić information content (AvgIpc) is 2.55. The second kappa shape index (κ2) is 8.21. The molecule has 0 fully saturated rings. The van der Waals surface area contributed by atoms with Crippen LogP contribution in [0.25, 0.3) is 0 Å². The fraction of sp³-hybridized carbons (Fsp3) is 0.350. The molecule has 0 saturated carbocycles. The summed E-state index contributed by atoms with van der Waals surface area (Å²) >= 11 is 5.92. The van der Waals surface area contributed by atoms with E-state index in [0.717, 1.165) is 29.3 Å². The van der Waals surface area contributed by atoms with E-state index >= 15 is 0 Å². The van der Waals surface area contributed by atoms with Crippen molar-refractivity contribution in [3.05, 3.63) is 58.1 Å². The van der Waals surface area contributed by atoms with Gasteiger partial charge < -0.3 is 10.1 Å². The zero-order valence-corrected chi connectivity index (χ0v) is 16.2. The molecule has 0 aliphatic rings. The first kappa shape index (κ1) is 21.1. The van der Waals surface area contributed by atoms with Crippen LogP contribution in [0.15, 0.2) is 36.4 Å². The van der Waals surface area contributed by atoms with Crippen molar-refractivity contribution in [3.8, 4) is 5.75 Å². The monoisotopic (exact) mass is 399 g/mol. The second-order valence-electron chi connectivity index (χ2n) is 6.64. The highest BCUT2D eigenvalue weighted by atomic mass is 35.5. The predicted molar refractivity (Wildman–Crippen MR) is 100 cm³/mol. The molecule has 1 N–H and O–H groups in total. The quantitative estimate of drug-likeness (QED) is 0.650. The van der Waals surface area contributed by atoms with Crippen molar-refractivity contribution in [3.63, 3.8) is 0 Å². The summed E-state index contributed by atoms with van der Waals surface area (Å²) < 4.78 is 44.4. The van der Waals surface area contributed by atoms with Crippen molar-refractivity contribution in [2.75, 3.05) is 5.32 Å². The van der Waals surface area contributed by atoms with E-state index in [-0.39, 0.29) is 16.6 Å². The van der Waals surface area contributed by atoms with Crippen molar-refractivity contribution in [1.29, 1.82) is 0 Å². The van der Waals surface area contributed by atoms with Crippen LogP contribution in [0.2, 0.25) is 5.02 Å². The molecular weight excluding hydrogens is 379 g/mol. The van der Waals surface area contributed by atoms with Crippen LogP contribution < -0.4 is 10.1 Å². The van der Waals surface area contributed by atoms with E-state index in [1.165, 1.54) is 6.92 Å². The van der Waals surface area contributed by atoms with Gasteiger partial charge in [-0.2, -0.15) is 13.2 Å². The van der Waals surface area contributed by atoms with Crippen molar-refractivity contribution < 1.29 is 22.7 Å².